The summed E-state index contributed by atoms with van der Waals surface area (Å²) in [5, 5.41) is 4.14. The van der Waals surface area contributed by atoms with Crippen LogP contribution in [0.1, 0.15) is 5.56 Å². The van der Waals surface area contributed by atoms with Gasteiger partial charge in [0.15, 0.2) is 0 Å². The quantitative estimate of drug-likeness (QED) is 0.427. The maximum absolute atomic E-state index is 12.5. The first-order valence-corrected chi connectivity index (χ1v) is 6.02. The normalized spacial score (nSPS) is 11.8. The number of para-hydroxylation sites is 1. The van der Waals surface area contributed by atoms with E-state index < -0.39 is 0 Å². The molecule has 0 amide bonds. The number of nitrogens with zero attached hydrogens (tertiary/aromatic N) is 1. The third-order valence-electron chi connectivity index (χ3n) is 3.69. The van der Waals surface area contributed by atoms with E-state index in [1.54, 1.807) is 4.40 Å². The van der Waals surface area contributed by atoms with Crippen molar-refractivity contribution in [3.63, 3.8) is 0 Å². The standard InChI is InChI=1S/C16H11NO/c1-10-9-17-15-11(10)7-4-8-13(15)12-5-2-3-6-14(12)16(17)18/h2-9H,1H3. The summed E-state index contributed by atoms with van der Waals surface area (Å²) in [6.45, 7) is 2.05. The molecule has 2 heterocycles. The van der Waals surface area contributed by atoms with Gasteiger partial charge >= 0.3 is 0 Å². The molecule has 0 aliphatic heterocycles. The van der Waals surface area contributed by atoms with Gasteiger partial charge in [0, 0.05) is 22.4 Å². The van der Waals surface area contributed by atoms with Crippen molar-refractivity contribution in [2.45, 2.75) is 6.92 Å². The highest BCUT2D eigenvalue weighted by Gasteiger charge is 2.12. The Bertz CT molecular complexity index is 950. The second kappa shape index (κ2) is 3.10. The predicted molar refractivity (Wildman–Crippen MR) is 74.6 cm³/mol. The summed E-state index contributed by atoms with van der Waals surface area (Å²) in [5.41, 5.74) is 2.26. The van der Waals surface area contributed by atoms with E-state index in [2.05, 4.69) is 18.2 Å². The van der Waals surface area contributed by atoms with Crippen LogP contribution in [-0.2, 0) is 0 Å². The van der Waals surface area contributed by atoms with Gasteiger partial charge < -0.3 is 0 Å². The van der Waals surface area contributed by atoms with E-state index in [-0.39, 0.29) is 5.56 Å². The van der Waals surface area contributed by atoms with Gasteiger partial charge in [0.2, 0.25) is 0 Å². The van der Waals surface area contributed by atoms with Crippen LogP contribution in [0.4, 0.5) is 0 Å². The highest BCUT2D eigenvalue weighted by molar-refractivity contribution is 6.12. The lowest BCUT2D eigenvalue weighted by atomic mass is 10.0. The molecule has 0 radical (unpaired) electrons. The van der Waals surface area contributed by atoms with Gasteiger partial charge in [-0.25, -0.2) is 0 Å². The molecule has 0 atom stereocenters. The van der Waals surface area contributed by atoms with E-state index in [0.717, 1.165) is 32.6 Å². The third kappa shape index (κ3) is 1.00. The summed E-state index contributed by atoms with van der Waals surface area (Å²) in [6.07, 6.45) is 1.94. The first kappa shape index (κ1) is 9.66. The fourth-order valence-corrected chi connectivity index (χ4v) is 2.86. The van der Waals surface area contributed by atoms with Crippen LogP contribution in [0, 0.1) is 6.92 Å². The second-order valence-corrected chi connectivity index (χ2v) is 4.73. The number of rotatable bonds is 0. The highest BCUT2D eigenvalue weighted by atomic mass is 16.1. The Labute approximate surface area is 103 Å². The fourth-order valence-electron chi connectivity index (χ4n) is 2.86. The maximum Gasteiger partial charge on any atom is 0.263 e. The van der Waals surface area contributed by atoms with Gasteiger partial charge in [0.05, 0.1) is 5.52 Å². The summed E-state index contributed by atoms with van der Waals surface area (Å²) in [7, 11) is 0. The maximum atomic E-state index is 12.5. The summed E-state index contributed by atoms with van der Waals surface area (Å²) in [5.74, 6) is 0. The number of fused-ring (bicyclic) bond motifs is 2. The van der Waals surface area contributed by atoms with Crippen LogP contribution in [0.2, 0.25) is 0 Å². The molecule has 0 fully saturated rings. The first-order chi connectivity index (χ1) is 8.77. The Morgan fingerprint density at radius 1 is 0.833 bits per heavy atom. The molecule has 4 aromatic rings. The molecule has 2 aromatic heterocycles. The largest absolute Gasteiger partial charge is 0.282 e. The van der Waals surface area contributed by atoms with Crippen LogP contribution in [0.5, 0.6) is 0 Å². The number of pyridine rings is 1. The van der Waals surface area contributed by atoms with Gasteiger partial charge in [0.1, 0.15) is 0 Å². The molecule has 18 heavy (non-hydrogen) atoms. The van der Waals surface area contributed by atoms with E-state index >= 15 is 0 Å². The average Bonchev–Trinajstić information content (AvgIpc) is 2.75. The Kier molecular flexibility index (Phi) is 1.67. The smallest absolute Gasteiger partial charge is 0.263 e. The van der Waals surface area contributed by atoms with Crippen molar-refractivity contribution in [1.82, 2.24) is 4.40 Å². The molecule has 0 aliphatic carbocycles. The molecule has 4 rings (SSSR count). The molecule has 0 spiro atoms. The van der Waals surface area contributed by atoms with E-state index in [1.165, 1.54) is 0 Å². The first-order valence-electron chi connectivity index (χ1n) is 6.02. The summed E-state index contributed by atoms with van der Waals surface area (Å²) in [4.78, 5) is 12.5. The molecule has 0 bridgehead atoms. The lowest BCUT2D eigenvalue weighted by molar-refractivity contribution is 1.15. The molecule has 2 heteroatoms. The Balaban J connectivity index is 2.52. The molecular weight excluding hydrogens is 222 g/mol. The van der Waals surface area contributed by atoms with Gasteiger partial charge in [-0.2, -0.15) is 0 Å². The lowest BCUT2D eigenvalue weighted by Gasteiger charge is -2.05. The summed E-state index contributed by atoms with van der Waals surface area (Å²) >= 11 is 0. The van der Waals surface area contributed by atoms with Crippen molar-refractivity contribution in [2.75, 3.05) is 0 Å². The minimum absolute atomic E-state index is 0.0717. The number of hydrogen-bond donors (Lipinski definition) is 0. The summed E-state index contributed by atoms with van der Waals surface area (Å²) in [6, 6.07) is 14.0. The van der Waals surface area contributed by atoms with E-state index in [1.807, 2.05) is 37.4 Å². The van der Waals surface area contributed by atoms with Crippen molar-refractivity contribution in [2.24, 2.45) is 0 Å². The highest BCUT2D eigenvalue weighted by Crippen LogP contribution is 2.29. The van der Waals surface area contributed by atoms with Crippen molar-refractivity contribution < 1.29 is 0 Å². The second-order valence-electron chi connectivity index (χ2n) is 4.73. The van der Waals surface area contributed by atoms with Crippen LogP contribution >= 0.6 is 0 Å². The topological polar surface area (TPSA) is 21.5 Å². The van der Waals surface area contributed by atoms with Gasteiger partial charge in [-0.15, -0.1) is 0 Å². The van der Waals surface area contributed by atoms with Crippen LogP contribution in [0.15, 0.2) is 53.5 Å². The number of aromatic nitrogens is 1. The van der Waals surface area contributed by atoms with E-state index in [0.29, 0.717) is 0 Å². The number of hydrogen-bond acceptors (Lipinski definition) is 1. The van der Waals surface area contributed by atoms with Gasteiger partial charge in [-0.05, 0) is 23.9 Å². The molecule has 0 saturated heterocycles. The zero-order valence-corrected chi connectivity index (χ0v) is 9.97. The van der Waals surface area contributed by atoms with Gasteiger partial charge in [-0.3, -0.25) is 9.20 Å². The van der Waals surface area contributed by atoms with Crippen molar-refractivity contribution in [3.8, 4) is 0 Å². The zero-order valence-electron chi connectivity index (χ0n) is 9.97. The average molecular weight is 233 g/mol. The number of benzene rings is 2. The molecule has 0 saturated carbocycles. The monoisotopic (exact) mass is 233 g/mol. The van der Waals surface area contributed by atoms with E-state index in [9.17, 15) is 4.79 Å². The van der Waals surface area contributed by atoms with Crippen LogP contribution < -0.4 is 5.56 Å². The molecular formula is C16H11NO. The molecule has 0 aliphatic rings. The van der Waals surface area contributed by atoms with Gasteiger partial charge in [-0.1, -0.05) is 36.4 Å². The van der Waals surface area contributed by atoms with Crippen molar-refractivity contribution in [1.29, 1.82) is 0 Å². The molecule has 2 nitrogen and oxygen atoms in total. The summed E-state index contributed by atoms with van der Waals surface area (Å²) < 4.78 is 1.78. The van der Waals surface area contributed by atoms with Crippen molar-refractivity contribution in [3.05, 3.63) is 64.6 Å². The predicted octanol–water partition coefficient (Wildman–Crippen LogP) is 3.35. The molecule has 86 valence electrons. The van der Waals surface area contributed by atoms with Crippen LogP contribution in [0.25, 0.3) is 27.1 Å². The fraction of sp³-hybridized carbons (Fsp3) is 0.0625. The Morgan fingerprint density at radius 2 is 1.50 bits per heavy atom. The van der Waals surface area contributed by atoms with Crippen LogP contribution in [0.3, 0.4) is 0 Å². The van der Waals surface area contributed by atoms with Gasteiger partial charge in [0.25, 0.3) is 5.56 Å². The zero-order chi connectivity index (χ0) is 12.3. The number of aryl methyl sites for hydroxylation is 1. The van der Waals surface area contributed by atoms with E-state index in [4.69, 9.17) is 0 Å². The Morgan fingerprint density at radius 3 is 2.33 bits per heavy atom. The van der Waals surface area contributed by atoms with Crippen LogP contribution in [-0.4, -0.2) is 4.40 Å². The minimum Gasteiger partial charge on any atom is -0.282 e. The Hall–Kier alpha value is -2.35. The third-order valence-corrected chi connectivity index (χ3v) is 3.69. The lowest BCUT2D eigenvalue weighted by Crippen LogP contribution is -2.11. The molecule has 2 aromatic carbocycles. The molecule has 0 unspecified atom stereocenters. The molecule has 0 N–H and O–H groups in total. The van der Waals surface area contributed by atoms with Crippen molar-refractivity contribution >= 4 is 27.1 Å². The minimum atomic E-state index is 0.0717. The SMILES string of the molecule is Cc1cn2c(=O)c3ccccc3c3cccc1c32.